The van der Waals surface area contributed by atoms with Crippen molar-refractivity contribution in [3.05, 3.63) is 23.8 Å². The average molecular weight is 292 g/mol. The molecule has 6 nitrogen and oxygen atoms in total. The first-order valence-corrected chi connectivity index (χ1v) is 6.83. The number of nitrogens with zero attached hydrogens (tertiary/aromatic N) is 1. The van der Waals surface area contributed by atoms with Gasteiger partial charge in [0.05, 0.1) is 20.1 Å². The summed E-state index contributed by atoms with van der Waals surface area (Å²) in [6, 6.07) is 5.67. The lowest BCUT2D eigenvalue weighted by Crippen LogP contribution is -2.30. The number of hydrogen-bond acceptors (Lipinski definition) is 4. The van der Waals surface area contributed by atoms with E-state index in [4.69, 9.17) is 15.2 Å². The van der Waals surface area contributed by atoms with Gasteiger partial charge >= 0.3 is 0 Å². The van der Waals surface area contributed by atoms with Crippen molar-refractivity contribution in [1.29, 1.82) is 0 Å². The fourth-order valence-corrected chi connectivity index (χ4v) is 2.48. The van der Waals surface area contributed by atoms with Gasteiger partial charge in [-0.05, 0) is 24.1 Å². The second-order valence-corrected chi connectivity index (χ2v) is 5.08. The number of likely N-dealkylation sites (tertiary alicyclic amines) is 1. The summed E-state index contributed by atoms with van der Waals surface area (Å²) in [7, 11) is 3.17. The molecule has 0 unspecified atom stereocenters. The van der Waals surface area contributed by atoms with E-state index in [-0.39, 0.29) is 18.2 Å². The molecule has 0 radical (unpaired) electrons. The van der Waals surface area contributed by atoms with Gasteiger partial charge in [0, 0.05) is 19.5 Å². The molecule has 0 saturated carbocycles. The van der Waals surface area contributed by atoms with Crippen LogP contribution in [0.2, 0.25) is 0 Å². The van der Waals surface area contributed by atoms with Gasteiger partial charge < -0.3 is 20.1 Å². The van der Waals surface area contributed by atoms with Crippen LogP contribution >= 0.6 is 0 Å². The Morgan fingerprint density at radius 3 is 2.62 bits per heavy atom. The first kappa shape index (κ1) is 15.2. The summed E-state index contributed by atoms with van der Waals surface area (Å²) in [5, 5.41) is 0. The molecule has 114 valence electrons. The van der Waals surface area contributed by atoms with E-state index in [1.54, 1.807) is 19.1 Å². The van der Waals surface area contributed by atoms with Gasteiger partial charge in [0.25, 0.3) is 0 Å². The predicted molar refractivity (Wildman–Crippen MR) is 77.1 cm³/mol. The van der Waals surface area contributed by atoms with E-state index in [0.717, 1.165) is 5.56 Å². The van der Waals surface area contributed by atoms with Crippen molar-refractivity contribution >= 4 is 11.8 Å². The van der Waals surface area contributed by atoms with Gasteiger partial charge in [-0.2, -0.15) is 0 Å². The van der Waals surface area contributed by atoms with Crippen LogP contribution in [0.4, 0.5) is 0 Å². The number of benzene rings is 1. The maximum absolute atomic E-state index is 11.8. The number of carbonyl (C=O) groups is 2. The second-order valence-electron chi connectivity index (χ2n) is 5.08. The molecular weight excluding hydrogens is 272 g/mol. The summed E-state index contributed by atoms with van der Waals surface area (Å²) in [6.07, 6.45) is 0.916. The quantitative estimate of drug-likeness (QED) is 0.831. The number of hydrogen-bond donors (Lipinski definition) is 1. The van der Waals surface area contributed by atoms with Crippen LogP contribution in [0, 0.1) is 5.92 Å². The standard InChI is InChI=1S/C15H20N2O4/c1-20-12-4-3-10(7-13(12)21-2)5-6-17-9-11(15(16)19)8-14(17)18/h3-4,7,11H,5-6,8-9H2,1-2H3,(H2,16,19)/t11-/m0/s1. The van der Waals surface area contributed by atoms with Gasteiger partial charge in [-0.1, -0.05) is 6.07 Å². The molecule has 21 heavy (non-hydrogen) atoms. The molecule has 1 fully saturated rings. The molecule has 2 rings (SSSR count). The van der Waals surface area contributed by atoms with Gasteiger partial charge in [-0.25, -0.2) is 0 Å². The average Bonchev–Trinajstić information content (AvgIpc) is 2.86. The summed E-state index contributed by atoms with van der Waals surface area (Å²) in [5.41, 5.74) is 6.30. The van der Waals surface area contributed by atoms with Crippen LogP contribution in [0.3, 0.4) is 0 Å². The van der Waals surface area contributed by atoms with Crippen LogP contribution in [0.15, 0.2) is 18.2 Å². The van der Waals surface area contributed by atoms with Crippen molar-refractivity contribution < 1.29 is 19.1 Å². The third-order valence-corrected chi connectivity index (χ3v) is 3.74. The Hall–Kier alpha value is -2.24. The first-order valence-electron chi connectivity index (χ1n) is 6.83. The molecule has 6 heteroatoms. The number of primary amides is 1. The van der Waals surface area contributed by atoms with Crippen molar-refractivity contribution in [3.63, 3.8) is 0 Å². The molecule has 0 aromatic heterocycles. The highest BCUT2D eigenvalue weighted by Crippen LogP contribution is 2.28. The predicted octanol–water partition coefficient (Wildman–Crippen LogP) is 0.580. The smallest absolute Gasteiger partial charge is 0.223 e. The monoisotopic (exact) mass is 292 g/mol. The number of methoxy groups -OCH3 is 2. The van der Waals surface area contributed by atoms with Crippen LogP contribution in [0.25, 0.3) is 0 Å². The maximum Gasteiger partial charge on any atom is 0.223 e. The Morgan fingerprint density at radius 2 is 2.05 bits per heavy atom. The molecule has 1 aromatic rings. The van der Waals surface area contributed by atoms with Gasteiger partial charge in [0.15, 0.2) is 11.5 Å². The fourth-order valence-electron chi connectivity index (χ4n) is 2.48. The van der Waals surface area contributed by atoms with E-state index in [9.17, 15) is 9.59 Å². The zero-order valence-electron chi connectivity index (χ0n) is 12.3. The zero-order chi connectivity index (χ0) is 15.4. The number of carbonyl (C=O) groups excluding carboxylic acids is 2. The summed E-state index contributed by atoms with van der Waals surface area (Å²) in [4.78, 5) is 24.6. The van der Waals surface area contributed by atoms with E-state index < -0.39 is 5.91 Å². The summed E-state index contributed by atoms with van der Waals surface area (Å²) < 4.78 is 10.4. The van der Waals surface area contributed by atoms with E-state index in [1.165, 1.54) is 0 Å². The first-order chi connectivity index (χ1) is 10.0. The van der Waals surface area contributed by atoms with Crippen molar-refractivity contribution in [2.45, 2.75) is 12.8 Å². The fraction of sp³-hybridized carbons (Fsp3) is 0.467. The number of nitrogens with two attached hydrogens (primary N) is 1. The van der Waals surface area contributed by atoms with Crippen LogP contribution < -0.4 is 15.2 Å². The highest BCUT2D eigenvalue weighted by molar-refractivity contribution is 5.88. The van der Waals surface area contributed by atoms with E-state index in [1.807, 2.05) is 18.2 Å². The Morgan fingerprint density at radius 1 is 1.33 bits per heavy atom. The topological polar surface area (TPSA) is 81.9 Å². The van der Waals surface area contributed by atoms with E-state index >= 15 is 0 Å². The summed E-state index contributed by atoms with van der Waals surface area (Å²) >= 11 is 0. The van der Waals surface area contributed by atoms with Crippen LogP contribution in [-0.4, -0.2) is 44.0 Å². The largest absolute Gasteiger partial charge is 0.493 e. The molecule has 1 saturated heterocycles. The molecule has 1 aliphatic rings. The molecule has 0 aliphatic carbocycles. The lowest BCUT2D eigenvalue weighted by Gasteiger charge is -2.16. The minimum Gasteiger partial charge on any atom is -0.493 e. The zero-order valence-corrected chi connectivity index (χ0v) is 12.3. The molecule has 1 atom stereocenters. The van der Waals surface area contributed by atoms with Crippen molar-refractivity contribution in [2.75, 3.05) is 27.3 Å². The van der Waals surface area contributed by atoms with Crippen LogP contribution in [0.1, 0.15) is 12.0 Å². The number of rotatable bonds is 6. The minimum atomic E-state index is -0.406. The SMILES string of the molecule is COc1ccc(CCN2C[C@@H](C(N)=O)CC2=O)cc1OC. The van der Waals surface area contributed by atoms with E-state index in [0.29, 0.717) is 31.0 Å². The normalized spacial score (nSPS) is 17.9. The third kappa shape index (κ3) is 3.45. The van der Waals surface area contributed by atoms with Crippen molar-refractivity contribution in [3.8, 4) is 11.5 Å². The van der Waals surface area contributed by atoms with Gasteiger partial charge in [0.1, 0.15) is 0 Å². The third-order valence-electron chi connectivity index (χ3n) is 3.74. The molecule has 0 bridgehead atoms. The second kappa shape index (κ2) is 6.47. The lowest BCUT2D eigenvalue weighted by atomic mass is 10.1. The minimum absolute atomic E-state index is 0.0146. The Bertz CT molecular complexity index is 544. The van der Waals surface area contributed by atoms with Crippen molar-refractivity contribution in [1.82, 2.24) is 4.90 Å². The molecular formula is C15H20N2O4. The van der Waals surface area contributed by atoms with Gasteiger partial charge in [0.2, 0.25) is 11.8 Å². The highest BCUT2D eigenvalue weighted by atomic mass is 16.5. The molecule has 1 aliphatic heterocycles. The molecule has 0 spiro atoms. The number of ether oxygens (including phenoxy) is 2. The van der Waals surface area contributed by atoms with Gasteiger partial charge in [-0.3, -0.25) is 9.59 Å². The summed E-state index contributed by atoms with van der Waals surface area (Å²) in [6.45, 7) is 0.986. The Labute approximate surface area is 123 Å². The van der Waals surface area contributed by atoms with Crippen LogP contribution in [0.5, 0.6) is 11.5 Å². The Kier molecular flexibility index (Phi) is 4.67. The lowest BCUT2D eigenvalue weighted by molar-refractivity contribution is -0.128. The molecule has 2 amide bonds. The van der Waals surface area contributed by atoms with Gasteiger partial charge in [-0.15, -0.1) is 0 Å². The maximum atomic E-state index is 11.8. The summed E-state index contributed by atoms with van der Waals surface area (Å²) in [5.74, 6) is 0.559. The molecule has 1 heterocycles. The van der Waals surface area contributed by atoms with Crippen molar-refractivity contribution in [2.24, 2.45) is 11.7 Å². The van der Waals surface area contributed by atoms with Crippen LogP contribution in [-0.2, 0) is 16.0 Å². The van der Waals surface area contributed by atoms with E-state index in [2.05, 4.69) is 0 Å². The highest BCUT2D eigenvalue weighted by Gasteiger charge is 2.32. The molecule has 2 N–H and O–H groups in total. The molecule has 1 aromatic carbocycles. The Balaban J connectivity index is 1.97. The number of amides is 2.